The van der Waals surface area contributed by atoms with E-state index in [1.165, 1.54) is 25.4 Å². The molecule has 74 valence electrons. The lowest BCUT2D eigenvalue weighted by atomic mass is 9.81. The van der Waals surface area contributed by atoms with Crippen molar-refractivity contribution in [2.24, 2.45) is 0 Å². The third-order valence-corrected chi connectivity index (χ3v) is 1.50. The fourth-order valence-corrected chi connectivity index (χ4v) is 0.831. The first-order valence-corrected chi connectivity index (χ1v) is 3.80. The van der Waals surface area contributed by atoms with Crippen LogP contribution in [0.4, 0.5) is 10.6 Å². The maximum atomic E-state index is 10.8. The van der Waals surface area contributed by atoms with Crippen LogP contribution in [0.25, 0.3) is 0 Å². The van der Waals surface area contributed by atoms with Gasteiger partial charge in [0.05, 0.1) is 7.11 Å². The van der Waals surface area contributed by atoms with Gasteiger partial charge in [0.2, 0.25) is 0 Å². The summed E-state index contributed by atoms with van der Waals surface area (Å²) in [5, 5.41) is 19.9. The fourth-order valence-electron chi connectivity index (χ4n) is 0.831. The van der Waals surface area contributed by atoms with Crippen LogP contribution >= 0.6 is 0 Å². The number of nitrogens with zero attached hydrogens (tertiary/aromatic N) is 1. The molecule has 1 amide bonds. The van der Waals surface area contributed by atoms with E-state index in [9.17, 15) is 4.79 Å². The van der Waals surface area contributed by atoms with Gasteiger partial charge in [0, 0.05) is 6.20 Å². The Balaban J connectivity index is 2.78. The first-order chi connectivity index (χ1) is 6.63. The zero-order valence-electron chi connectivity index (χ0n) is 7.47. The lowest BCUT2D eigenvalue weighted by Gasteiger charge is -2.04. The molecule has 0 spiro atoms. The van der Waals surface area contributed by atoms with Crippen molar-refractivity contribution < 1.29 is 19.6 Å². The van der Waals surface area contributed by atoms with Crippen molar-refractivity contribution in [3.8, 4) is 0 Å². The summed E-state index contributed by atoms with van der Waals surface area (Å²) in [4.78, 5) is 14.5. The van der Waals surface area contributed by atoms with Gasteiger partial charge >= 0.3 is 13.2 Å². The van der Waals surface area contributed by atoms with Crippen LogP contribution in [0.1, 0.15) is 0 Å². The van der Waals surface area contributed by atoms with Gasteiger partial charge in [0.25, 0.3) is 0 Å². The van der Waals surface area contributed by atoms with Gasteiger partial charge in [-0.2, -0.15) is 0 Å². The number of methoxy groups -OCH3 is 1. The summed E-state index contributed by atoms with van der Waals surface area (Å²) in [7, 11) is -0.365. The van der Waals surface area contributed by atoms with Gasteiger partial charge in [-0.25, -0.2) is 9.78 Å². The van der Waals surface area contributed by atoms with E-state index in [1.807, 2.05) is 0 Å². The molecule has 0 atom stereocenters. The highest BCUT2D eigenvalue weighted by Gasteiger charge is 2.12. The molecule has 1 rings (SSSR count). The Bertz CT molecular complexity index is 331. The molecule has 0 aliphatic rings. The minimum Gasteiger partial charge on any atom is -0.453 e. The van der Waals surface area contributed by atoms with E-state index >= 15 is 0 Å². The quantitative estimate of drug-likeness (QED) is 0.524. The molecule has 6 nitrogen and oxygen atoms in total. The summed E-state index contributed by atoms with van der Waals surface area (Å²) in [5.74, 6) is 0.197. The fraction of sp³-hybridized carbons (Fsp3) is 0.143. The van der Waals surface area contributed by atoms with Crippen molar-refractivity contribution in [2.45, 2.75) is 0 Å². The molecule has 0 saturated carbocycles. The first-order valence-electron chi connectivity index (χ1n) is 3.80. The number of ether oxygens (including phenoxy) is 1. The van der Waals surface area contributed by atoms with Crippen LogP contribution in [0.3, 0.4) is 0 Å². The summed E-state index contributed by atoms with van der Waals surface area (Å²) < 4.78 is 4.34. The average Bonchev–Trinajstić information content (AvgIpc) is 2.18. The van der Waals surface area contributed by atoms with Crippen molar-refractivity contribution in [1.29, 1.82) is 0 Å². The summed E-state index contributed by atoms with van der Waals surface area (Å²) in [6.07, 6.45) is 0.683. The van der Waals surface area contributed by atoms with Gasteiger partial charge in [0.1, 0.15) is 5.82 Å². The number of carbonyl (C=O) groups is 1. The van der Waals surface area contributed by atoms with Crippen LogP contribution in [0.5, 0.6) is 0 Å². The molecular weight excluding hydrogens is 187 g/mol. The van der Waals surface area contributed by atoms with Crippen molar-refractivity contribution in [3.63, 3.8) is 0 Å². The van der Waals surface area contributed by atoms with E-state index in [0.29, 0.717) is 0 Å². The van der Waals surface area contributed by atoms with Gasteiger partial charge in [0.15, 0.2) is 0 Å². The summed E-state index contributed by atoms with van der Waals surface area (Å²) in [6.45, 7) is 0. The van der Waals surface area contributed by atoms with Crippen LogP contribution in [-0.2, 0) is 4.74 Å². The Morgan fingerprint density at radius 1 is 1.64 bits per heavy atom. The van der Waals surface area contributed by atoms with Gasteiger partial charge in [-0.15, -0.1) is 0 Å². The molecule has 0 saturated heterocycles. The van der Waals surface area contributed by atoms with Crippen LogP contribution in [-0.4, -0.2) is 35.4 Å². The number of carbonyl (C=O) groups excluding carboxylic acids is 1. The molecule has 0 bridgehead atoms. The maximum absolute atomic E-state index is 10.8. The van der Waals surface area contributed by atoms with E-state index in [-0.39, 0.29) is 11.3 Å². The van der Waals surface area contributed by atoms with Gasteiger partial charge in [-0.3, -0.25) is 5.32 Å². The molecule has 0 unspecified atom stereocenters. The van der Waals surface area contributed by atoms with Crippen molar-refractivity contribution >= 4 is 24.5 Å². The first kappa shape index (κ1) is 10.5. The van der Waals surface area contributed by atoms with Gasteiger partial charge in [-0.05, 0) is 17.6 Å². The summed E-state index contributed by atoms with van der Waals surface area (Å²) in [6, 6.07) is 2.76. The highest BCUT2D eigenvalue weighted by Crippen LogP contribution is 1.99. The number of nitrogens with one attached hydrogen (secondary N) is 1. The number of rotatable bonds is 2. The Morgan fingerprint density at radius 2 is 2.36 bits per heavy atom. The topological polar surface area (TPSA) is 91.7 Å². The second-order valence-corrected chi connectivity index (χ2v) is 2.46. The van der Waals surface area contributed by atoms with Crippen molar-refractivity contribution in [2.75, 3.05) is 12.4 Å². The van der Waals surface area contributed by atoms with Gasteiger partial charge < -0.3 is 14.8 Å². The monoisotopic (exact) mass is 196 g/mol. The highest BCUT2D eigenvalue weighted by molar-refractivity contribution is 6.58. The Hall–Kier alpha value is -1.60. The molecule has 1 aromatic rings. The van der Waals surface area contributed by atoms with Crippen LogP contribution in [0.15, 0.2) is 18.3 Å². The molecular formula is C7H9BN2O4. The molecule has 0 aromatic carbocycles. The Morgan fingerprint density at radius 3 is 2.93 bits per heavy atom. The van der Waals surface area contributed by atoms with Crippen LogP contribution < -0.4 is 10.8 Å². The lowest BCUT2D eigenvalue weighted by Crippen LogP contribution is -2.30. The molecule has 1 aromatic heterocycles. The summed E-state index contributed by atoms with van der Waals surface area (Å²) >= 11 is 0. The van der Waals surface area contributed by atoms with E-state index in [0.717, 1.165) is 0 Å². The van der Waals surface area contributed by atoms with E-state index in [4.69, 9.17) is 10.0 Å². The van der Waals surface area contributed by atoms with Crippen molar-refractivity contribution in [1.82, 2.24) is 4.98 Å². The van der Waals surface area contributed by atoms with E-state index in [2.05, 4.69) is 15.0 Å². The zero-order chi connectivity index (χ0) is 10.6. The third kappa shape index (κ3) is 2.72. The molecule has 0 fully saturated rings. The number of pyridine rings is 1. The molecule has 1 heterocycles. The van der Waals surface area contributed by atoms with E-state index in [1.54, 1.807) is 0 Å². The predicted molar refractivity (Wildman–Crippen MR) is 50.1 cm³/mol. The average molecular weight is 196 g/mol. The number of anilines is 1. The lowest BCUT2D eigenvalue weighted by molar-refractivity contribution is 0.187. The number of aromatic nitrogens is 1. The second kappa shape index (κ2) is 4.59. The normalized spacial score (nSPS) is 9.36. The van der Waals surface area contributed by atoms with Gasteiger partial charge in [-0.1, -0.05) is 0 Å². The largest absolute Gasteiger partial charge is 0.488 e. The molecule has 7 heteroatoms. The maximum Gasteiger partial charge on any atom is 0.488 e. The third-order valence-electron chi connectivity index (χ3n) is 1.50. The number of hydrogen-bond acceptors (Lipinski definition) is 5. The van der Waals surface area contributed by atoms with Crippen LogP contribution in [0.2, 0.25) is 0 Å². The van der Waals surface area contributed by atoms with E-state index < -0.39 is 13.2 Å². The number of hydrogen-bond donors (Lipinski definition) is 3. The second-order valence-electron chi connectivity index (χ2n) is 2.46. The SMILES string of the molecule is COC(=O)Nc1cc(B(O)O)ccn1. The summed E-state index contributed by atoms with van der Waals surface area (Å²) in [5.41, 5.74) is 0.242. The Kier molecular flexibility index (Phi) is 3.44. The van der Waals surface area contributed by atoms with Crippen LogP contribution in [0, 0.1) is 0 Å². The molecule has 14 heavy (non-hydrogen) atoms. The highest BCUT2D eigenvalue weighted by atomic mass is 16.5. The minimum atomic E-state index is -1.59. The molecule has 0 aliphatic carbocycles. The standard InChI is InChI=1S/C7H9BN2O4/c1-14-7(11)10-6-4-5(8(12)13)2-3-9-6/h2-4,12-13H,1H3,(H,9,10,11). The predicted octanol–water partition coefficient (Wildman–Crippen LogP) is -1.06. The Labute approximate surface area is 80.7 Å². The minimum absolute atomic E-state index is 0.197. The smallest absolute Gasteiger partial charge is 0.453 e. The molecule has 0 aliphatic heterocycles. The molecule has 0 radical (unpaired) electrons. The van der Waals surface area contributed by atoms with Crippen molar-refractivity contribution in [3.05, 3.63) is 18.3 Å². The molecule has 3 N–H and O–H groups in total. The zero-order valence-corrected chi connectivity index (χ0v) is 7.47. The number of amides is 1.